The highest BCUT2D eigenvalue weighted by Gasteiger charge is 2.18. The molecule has 38 heavy (non-hydrogen) atoms. The molecule has 0 saturated carbocycles. The van der Waals surface area contributed by atoms with Crippen LogP contribution in [0.2, 0.25) is 0 Å². The largest absolute Gasteiger partial charge is 0.289 e. The lowest BCUT2D eigenvalue weighted by Gasteiger charge is -2.13. The van der Waals surface area contributed by atoms with E-state index < -0.39 is 0 Å². The lowest BCUT2D eigenvalue weighted by Crippen LogP contribution is -2.07. The molecule has 0 aromatic heterocycles. The highest BCUT2D eigenvalue weighted by Crippen LogP contribution is 2.31. The Morgan fingerprint density at radius 3 is 1.24 bits per heavy atom. The molecule has 0 bridgehead atoms. The van der Waals surface area contributed by atoms with Gasteiger partial charge in [0.05, 0.1) is 0 Å². The summed E-state index contributed by atoms with van der Waals surface area (Å²) in [5, 5.41) is 4.35. The SMILES string of the molecule is O=C(c1ccc2ccccc2c1C=Cc1ccccc1)c1ccc2ccccc2c1C=Cc1ccccc1. The molecule has 180 valence electrons. The maximum atomic E-state index is 14.3. The highest BCUT2D eigenvalue weighted by molar-refractivity contribution is 6.18. The lowest BCUT2D eigenvalue weighted by atomic mass is 9.89. The summed E-state index contributed by atoms with van der Waals surface area (Å²) in [6.07, 6.45) is 8.31. The van der Waals surface area contributed by atoms with E-state index in [4.69, 9.17) is 0 Å². The van der Waals surface area contributed by atoms with Crippen LogP contribution in [0.5, 0.6) is 0 Å². The summed E-state index contributed by atoms with van der Waals surface area (Å²) in [5.41, 5.74) is 5.44. The Bertz CT molecular complexity index is 1670. The molecular formula is C37H26O. The van der Waals surface area contributed by atoms with Gasteiger partial charge in [-0.15, -0.1) is 0 Å². The molecule has 0 atom stereocenters. The summed E-state index contributed by atoms with van der Waals surface area (Å²) < 4.78 is 0. The fraction of sp³-hybridized carbons (Fsp3) is 0. The van der Waals surface area contributed by atoms with Gasteiger partial charge in [0.25, 0.3) is 0 Å². The molecular weight excluding hydrogens is 460 g/mol. The maximum Gasteiger partial charge on any atom is 0.194 e. The molecule has 6 aromatic rings. The van der Waals surface area contributed by atoms with Gasteiger partial charge < -0.3 is 0 Å². The van der Waals surface area contributed by atoms with Gasteiger partial charge in [-0.05, 0) is 55.9 Å². The van der Waals surface area contributed by atoms with Gasteiger partial charge in [0.2, 0.25) is 0 Å². The molecule has 0 aliphatic carbocycles. The standard InChI is InChI=1S/C37H26O/c38-37(35-25-21-29-15-7-9-17-31(29)33(35)23-19-27-11-3-1-4-12-27)36-26-22-30-16-8-10-18-32(30)34(36)24-20-28-13-5-2-6-14-28/h1-26H. The average Bonchev–Trinajstić information content (AvgIpc) is 2.99. The van der Waals surface area contributed by atoms with Crippen LogP contribution in [-0.2, 0) is 0 Å². The topological polar surface area (TPSA) is 17.1 Å². The van der Waals surface area contributed by atoms with Gasteiger partial charge >= 0.3 is 0 Å². The second-order valence-electron chi connectivity index (χ2n) is 9.31. The summed E-state index contributed by atoms with van der Waals surface area (Å²) in [4.78, 5) is 14.3. The molecule has 6 rings (SSSR count). The molecule has 0 saturated heterocycles. The zero-order chi connectivity index (χ0) is 25.7. The van der Waals surface area contributed by atoms with Crippen molar-refractivity contribution in [1.29, 1.82) is 0 Å². The number of benzene rings is 6. The van der Waals surface area contributed by atoms with Crippen LogP contribution in [0.4, 0.5) is 0 Å². The van der Waals surface area contributed by atoms with Crippen molar-refractivity contribution >= 4 is 51.6 Å². The minimum Gasteiger partial charge on any atom is -0.289 e. The van der Waals surface area contributed by atoms with Crippen molar-refractivity contribution in [2.45, 2.75) is 0 Å². The van der Waals surface area contributed by atoms with E-state index in [1.54, 1.807) is 0 Å². The summed E-state index contributed by atoms with van der Waals surface area (Å²) in [6.45, 7) is 0. The average molecular weight is 487 g/mol. The van der Waals surface area contributed by atoms with Crippen molar-refractivity contribution in [3.63, 3.8) is 0 Å². The Labute approximate surface area is 223 Å². The van der Waals surface area contributed by atoms with Crippen molar-refractivity contribution in [1.82, 2.24) is 0 Å². The highest BCUT2D eigenvalue weighted by atomic mass is 16.1. The summed E-state index contributed by atoms with van der Waals surface area (Å²) in [5.74, 6) is 0.0157. The first-order valence-corrected chi connectivity index (χ1v) is 12.8. The van der Waals surface area contributed by atoms with Crippen LogP contribution in [0.1, 0.15) is 38.2 Å². The van der Waals surface area contributed by atoms with Crippen LogP contribution in [0.25, 0.3) is 45.8 Å². The zero-order valence-corrected chi connectivity index (χ0v) is 20.9. The number of carbonyl (C=O) groups excluding carboxylic acids is 1. The van der Waals surface area contributed by atoms with Crippen LogP contribution >= 0.6 is 0 Å². The number of fused-ring (bicyclic) bond motifs is 2. The fourth-order valence-electron chi connectivity index (χ4n) is 4.98. The Morgan fingerprint density at radius 1 is 0.395 bits per heavy atom. The number of ketones is 1. The molecule has 0 aliphatic heterocycles. The fourth-order valence-corrected chi connectivity index (χ4v) is 4.98. The number of hydrogen-bond acceptors (Lipinski definition) is 1. The van der Waals surface area contributed by atoms with Crippen molar-refractivity contribution < 1.29 is 4.79 Å². The van der Waals surface area contributed by atoms with Crippen LogP contribution in [0, 0.1) is 0 Å². The maximum absolute atomic E-state index is 14.3. The van der Waals surface area contributed by atoms with Gasteiger partial charge in [-0.2, -0.15) is 0 Å². The van der Waals surface area contributed by atoms with E-state index in [1.807, 2.05) is 84.9 Å². The second kappa shape index (κ2) is 10.5. The predicted octanol–water partition coefficient (Wildman–Crippen LogP) is 9.56. The quantitative estimate of drug-likeness (QED) is 0.169. The molecule has 0 amide bonds. The third-order valence-corrected chi connectivity index (χ3v) is 6.91. The van der Waals surface area contributed by atoms with Crippen molar-refractivity contribution in [2.24, 2.45) is 0 Å². The molecule has 1 nitrogen and oxygen atoms in total. The molecule has 0 heterocycles. The number of carbonyl (C=O) groups is 1. The van der Waals surface area contributed by atoms with Crippen LogP contribution < -0.4 is 0 Å². The normalized spacial score (nSPS) is 11.6. The van der Waals surface area contributed by atoms with Gasteiger partial charge in [-0.25, -0.2) is 0 Å². The second-order valence-corrected chi connectivity index (χ2v) is 9.31. The van der Waals surface area contributed by atoms with E-state index in [9.17, 15) is 4.79 Å². The Kier molecular flexibility index (Phi) is 6.49. The van der Waals surface area contributed by atoms with Crippen molar-refractivity contribution in [2.75, 3.05) is 0 Å². The Balaban J connectivity index is 1.53. The molecule has 6 aromatic carbocycles. The third-order valence-electron chi connectivity index (χ3n) is 6.91. The molecule has 0 spiro atoms. The predicted molar refractivity (Wildman–Crippen MR) is 162 cm³/mol. The first-order chi connectivity index (χ1) is 18.8. The monoisotopic (exact) mass is 486 g/mol. The first-order valence-electron chi connectivity index (χ1n) is 12.8. The Hall–Kier alpha value is -5.01. The van der Waals surface area contributed by atoms with Gasteiger partial charge in [0.15, 0.2) is 5.78 Å². The van der Waals surface area contributed by atoms with Gasteiger partial charge in [0, 0.05) is 11.1 Å². The van der Waals surface area contributed by atoms with Crippen molar-refractivity contribution in [3.8, 4) is 0 Å². The van der Waals surface area contributed by atoms with Crippen LogP contribution in [-0.4, -0.2) is 5.78 Å². The van der Waals surface area contributed by atoms with Gasteiger partial charge in [0.1, 0.15) is 0 Å². The molecule has 0 fully saturated rings. The molecule has 0 radical (unpaired) electrons. The van der Waals surface area contributed by atoms with E-state index >= 15 is 0 Å². The summed E-state index contributed by atoms with van der Waals surface area (Å²) in [7, 11) is 0. The van der Waals surface area contributed by atoms with Gasteiger partial charge in [-0.1, -0.05) is 146 Å². The molecule has 0 aliphatic rings. The van der Waals surface area contributed by atoms with E-state index in [0.29, 0.717) is 11.1 Å². The van der Waals surface area contributed by atoms with E-state index in [1.165, 1.54) is 0 Å². The zero-order valence-electron chi connectivity index (χ0n) is 20.9. The number of rotatable bonds is 6. The van der Waals surface area contributed by atoms with E-state index in [0.717, 1.165) is 43.8 Å². The molecule has 1 heteroatoms. The van der Waals surface area contributed by atoms with Crippen molar-refractivity contribution in [3.05, 3.63) is 167 Å². The lowest BCUT2D eigenvalue weighted by molar-refractivity contribution is 0.103. The van der Waals surface area contributed by atoms with E-state index in [-0.39, 0.29) is 5.78 Å². The Morgan fingerprint density at radius 2 is 0.789 bits per heavy atom. The minimum absolute atomic E-state index is 0.0157. The number of hydrogen-bond donors (Lipinski definition) is 0. The first kappa shape index (κ1) is 23.4. The molecule has 0 unspecified atom stereocenters. The van der Waals surface area contributed by atoms with Crippen LogP contribution in [0.3, 0.4) is 0 Å². The molecule has 0 N–H and O–H groups in total. The summed E-state index contributed by atoms with van der Waals surface area (Å²) in [6, 6.07) is 44.9. The third kappa shape index (κ3) is 4.70. The van der Waals surface area contributed by atoms with Gasteiger partial charge in [-0.3, -0.25) is 4.79 Å². The van der Waals surface area contributed by atoms with Crippen LogP contribution in [0.15, 0.2) is 133 Å². The smallest absolute Gasteiger partial charge is 0.194 e. The summed E-state index contributed by atoms with van der Waals surface area (Å²) >= 11 is 0. The van der Waals surface area contributed by atoms with E-state index in [2.05, 4.69) is 72.8 Å². The minimum atomic E-state index is 0.0157.